The number of hydrogen-bond donors (Lipinski definition) is 1. The zero-order valence-corrected chi connectivity index (χ0v) is 11.8. The van der Waals surface area contributed by atoms with Gasteiger partial charge in [0, 0.05) is 29.9 Å². The third-order valence-electron chi connectivity index (χ3n) is 3.28. The van der Waals surface area contributed by atoms with E-state index < -0.39 is 0 Å². The summed E-state index contributed by atoms with van der Waals surface area (Å²) in [6.45, 7) is 1.16. The summed E-state index contributed by atoms with van der Waals surface area (Å²) >= 11 is 3.23. The molecule has 0 saturated heterocycles. The van der Waals surface area contributed by atoms with Crippen molar-refractivity contribution in [1.29, 1.82) is 0 Å². The first-order valence-corrected chi connectivity index (χ1v) is 6.81. The summed E-state index contributed by atoms with van der Waals surface area (Å²) in [7, 11) is 0. The van der Waals surface area contributed by atoms with E-state index in [0.29, 0.717) is 23.3 Å². The molecule has 5 heteroatoms. The lowest BCUT2D eigenvalue weighted by Gasteiger charge is -2.12. The van der Waals surface area contributed by atoms with Crippen molar-refractivity contribution in [3.63, 3.8) is 0 Å². The maximum Gasteiger partial charge on any atom is 0.265 e. The van der Waals surface area contributed by atoms with E-state index in [1.54, 1.807) is 16.8 Å². The number of nitrogens with two attached hydrogens (primary N) is 1. The maximum atomic E-state index is 12.0. The van der Waals surface area contributed by atoms with Crippen LogP contribution in [0, 0.1) is 0 Å². The Hall–Kier alpha value is -1.75. The Morgan fingerprint density at radius 2 is 2.21 bits per heavy atom. The zero-order chi connectivity index (χ0) is 13.4. The molecule has 2 heterocycles. The summed E-state index contributed by atoms with van der Waals surface area (Å²) in [6.07, 6.45) is 1.67. The number of fused-ring (bicyclic) bond motifs is 1. The SMILES string of the molecule is Nc1cc(Br)c(=O)n(CC2COc3ccccc32)c1. The molecule has 0 radical (unpaired) electrons. The van der Waals surface area contributed by atoms with Crippen LogP contribution in [0.4, 0.5) is 5.69 Å². The summed E-state index contributed by atoms with van der Waals surface area (Å²) in [5.41, 5.74) is 7.42. The van der Waals surface area contributed by atoms with E-state index in [1.807, 2.05) is 24.3 Å². The van der Waals surface area contributed by atoms with Crippen LogP contribution in [0.3, 0.4) is 0 Å². The Kier molecular flexibility index (Phi) is 3.06. The van der Waals surface area contributed by atoms with Crippen molar-refractivity contribution >= 4 is 21.6 Å². The predicted octanol–water partition coefficient (Wildman–Crippen LogP) is 2.37. The topological polar surface area (TPSA) is 57.2 Å². The standard InChI is InChI=1S/C14H13BrN2O2/c15-12-5-10(16)7-17(14(12)18)6-9-8-19-13-4-2-1-3-11(9)13/h1-5,7,9H,6,8,16H2. The van der Waals surface area contributed by atoms with Gasteiger partial charge in [0.2, 0.25) is 0 Å². The van der Waals surface area contributed by atoms with Crippen molar-refractivity contribution in [2.24, 2.45) is 0 Å². The summed E-state index contributed by atoms with van der Waals surface area (Å²) in [6, 6.07) is 9.55. The van der Waals surface area contributed by atoms with Crippen LogP contribution in [0.5, 0.6) is 5.75 Å². The quantitative estimate of drug-likeness (QED) is 0.924. The molecule has 2 N–H and O–H groups in total. The van der Waals surface area contributed by atoms with Crippen molar-refractivity contribution in [2.45, 2.75) is 12.5 Å². The van der Waals surface area contributed by atoms with E-state index in [0.717, 1.165) is 11.3 Å². The summed E-state index contributed by atoms with van der Waals surface area (Å²) in [5.74, 6) is 1.09. The lowest BCUT2D eigenvalue weighted by atomic mass is 10.0. The Bertz CT molecular complexity index is 681. The molecule has 19 heavy (non-hydrogen) atoms. The van der Waals surface area contributed by atoms with Gasteiger partial charge in [0.05, 0.1) is 11.1 Å². The molecule has 0 amide bonds. The second-order valence-corrected chi connectivity index (χ2v) is 5.48. The van der Waals surface area contributed by atoms with Crippen molar-refractivity contribution in [3.05, 3.63) is 56.9 Å². The van der Waals surface area contributed by atoms with E-state index >= 15 is 0 Å². The molecule has 1 unspecified atom stereocenters. The molecule has 2 aromatic rings. The minimum absolute atomic E-state index is 0.0708. The highest BCUT2D eigenvalue weighted by Crippen LogP contribution is 2.34. The molecule has 1 aliphatic heterocycles. The van der Waals surface area contributed by atoms with E-state index in [2.05, 4.69) is 15.9 Å². The Morgan fingerprint density at radius 3 is 3.05 bits per heavy atom. The largest absolute Gasteiger partial charge is 0.493 e. The highest BCUT2D eigenvalue weighted by atomic mass is 79.9. The highest BCUT2D eigenvalue weighted by molar-refractivity contribution is 9.10. The molecule has 1 aliphatic rings. The number of anilines is 1. The fourth-order valence-corrected chi connectivity index (χ4v) is 2.87. The predicted molar refractivity (Wildman–Crippen MR) is 77.5 cm³/mol. The molecule has 0 fully saturated rings. The van der Waals surface area contributed by atoms with Gasteiger partial charge in [-0.3, -0.25) is 4.79 Å². The van der Waals surface area contributed by atoms with Crippen LogP contribution < -0.4 is 16.0 Å². The van der Waals surface area contributed by atoms with Crippen LogP contribution in [0.25, 0.3) is 0 Å². The number of rotatable bonds is 2. The number of ether oxygens (including phenoxy) is 1. The minimum Gasteiger partial charge on any atom is -0.493 e. The molecule has 4 nitrogen and oxygen atoms in total. The molecule has 0 aliphatic carbocycles. The number of aromatic nitrogens is 1. The smallest absolute Gasteiger partial charge is 0.265 e. The molecule has 98 valence electrons. The maximum absolute atomic E-state index is 12.0. The molecular weight excluding hydrogens is 308 g/mol. The molecule has 0 spiro atoms. The molecule has 0 bridgehead atoms. The molecule has 3 rings (SSSR count). The summed E-state index contributed by atoms with van der Waals surface area (Å²) < 4.78 is 7.75. The second-order valence-electron chi connectivity index (χ2n) is 4.62. The first kappa shape index (κ1) is 12.3. The van der Waals surface area contributed by atoms with E-state index in [1.165, 1.54) is 0 Å². The molecule has 1 aromatic carbocycles. The van der Waals surface area contributed by atoms with Gasteiger partial charge >= 0.3 is 0 Å². The van der Waals surface area contributed by atoms with E-state index in [9.17, 15) is 4.79 Å². The fraction of sp³-hybridized carbons (Fsp3) is 0.214. The van der Waals surface area contributed by atoms with Gasteiger partial charge in [0.15, 0.2) is 0 Å². The fourth-order valence-electron chi connectivity index (χ4n) is 2.37. The molecule has 0 saturated carbocycles. The van der Waals surface area contributed by atoms with Crippen LogP contribution in [0.15, 0.2) is 45.8 Å². The van der Waals surface area contributed by atoms with Gasteiger partial charge in [-0.15, -0.1) is 0 Å². The Labute approximate surface area is 118 Å². The Morgan fingerprint density at radius 1 is 1.42 bits per heavy atom. The van der Waals surface area contributed by atoms with Crippen molar-refractivity contribution in [2.75, 3.05) is 12.3 Å². The number of benzene rings is 1. The van der Waals surface area contributed by atoms with Gasteiger partial charge in [-0.1, -0.05) is 18.2 Å². The van der Waals surface area contributed by atoms with Gasteiger partial charge in [-0.2, -0.15) is 0 Å². The normalized spacial score (nSPS) is 17.0. The summed E-state index contributed by atoms with van der Waals surface area (Å²) in [4.78, 5) is 12.0. The van der Waals surface area contributed by atoms with Crippen molar-refractivity contribution in [3.8, 4) is 5.75 Å². The van der Waals surface area contributed by atoms with Crippen molar-refractivity contribution in [1.82, 2.24) is 4.57 Å². The molecule has 1 atom stereocenters. The number of pyridine rings is 1. The van der Waals surface area contributed by atoms with E-state index in [-0.39, 0.29) is 11.5 Å². The third-order valence-corrected chi connectivity index (χ3v) is 3.85. The van der Waals surface area contributed by atoms with Gasteiger partial charge in [0.25, 0.3) is 5.56 Å². The number of halogens is 1. The van der Waals surface area contributed by atoms with Crippen LogP contribution in [-0.4, -0.2) is 11.2 Å². The van der Waals surface area contributed by atoms with Gasteiger partial charge in [-0.25, -0.2) is 0 Å². The molecular formula is C14H13BrN2O2. The number of hydrogen-bond acceptors (Lipinski definition) is 3. The van der Waals surface area contributed by atoms with Gasteiger partial charge in [-0.05, 0) is 28.1 Å². The average Bonchev–Trinajstić information content (AvgIpc) is 2.79. The second kappa shape index (κ2) is 4.74. The number of para-hydroxylation sites is 1. The van der Waals surface area contributed by atoms with Crippen LogP contribution in [0.2, 0.25) is 0 Å². The highest BCUT2D eigenvalue weighted by Gasteiger charge is 2.24. The van der Waals surface area contributed by atoms with Crippen LogP contribution in [-0.2, 0) is 6.54 Å². The average molecular weight is 321 g/mol. The first-order valence-electron chi connectivity index (χ1n) is 6.02. The monoisotopic (exact) mass is 320 g/mol. The minimum atomic E-state index is -0.0708. The van der Waals surface area contributed by atoms with Crippen LogP contribution >= 0.6 is 15.9 Å². The third kappa shape index (κ3) is 2.26. The zero-order valence-electron chi connectivity index (χ0n) is 10.2. The Balaban J connectivity index is 1.94. The molecule has 1 aromatic heterocycles. The first-order chi connectivity index (χ1) is 9.15. The van der Waals surface area contributed by atoms with Crippen LogP contribution in [0.1, 0.15) is 11.5 Å². The summed E-state index contributed by atoms with van der Waals surface area (Å²) in [5, 5.41) is 0. The van der Waals surface area contributed by atoms with Gasteiger partial charge in [0.1, 0.15) is 5.75 Å². The lowest BCUT2D eigenvalue weighted by Crippen LogP contribution is -2.24. The van der Waals surface area contributed by atoms with Crippen molar-refractivity contribution < 1.29 is 4.74 Å². The van der Waals surface area contributed by atoms with Gasteiger partial charge < -0.3 is 15.0 Å². The van der Waals surface area contributed by atoms with E-state index in [4.69, 9.17) is 10.5 Å². The number of nitrogens with zero attached hydrogens (tertiary/aromatic N) is 1. The number of nitrogen functional groups attached to an aromatic ring is 1. The lowest BCUT2D eigenvalue weighted by molar-refractivity contribution is 0.318.